The van der Waals surface area contributed by atoms with Crippen molar-refractivity contribution >= 4 is 34.1 Å². The molecule has 0 aliphatic carbocycles. The van der Waals surface area contributed by atoms with Gasteiger partial charge < -0.3 is 0 Å². The monoisotopic (exact) mass is 148 g/mol. The molecule has 0 aliphatic rings. The van der Waals surface area contributed by atoms with Crippen molar-refractivity contribution in [2.24, 2.45) is 0 Å². The third-order valence-corrected chi connectivity index (χ3v) is 2.60. The first-order chi connectivity index (χ1) is 3.71. The molecule has 0 saturated carbocycles. The fourth-order valence-corrected chi connectivity index (χ4v) is 3.90. The van der Waals surface area contributed by atoms with Gasteiger partial charge in [-0.2, -0.15) is 0 Å². The summed E-state index contributed by atoms with van der Waals surface area (Å²) in [5, 5.41) is 0. The molecule has 0 unspecified atom stereocenters. The van der Waals surface area contributed by atoms with Crippen LogP contribution in [0.4, 0.5) is 0 Å². The number of hydrogen-bond donors (Lipinski definition) is 0. The minimum atomic E-state index is 0. The molecule has 10 heavy (non-hydrogen) atoms. The third-order valence-electron chi connectivity index (χ3n) is 0.866. The Morgan fingerprint density at radius 3 is 0.900 bits per heavy atom. The average Bonchev–Trinajstić information content (AvgIpc) is 1.14. The molecular weight excluding hydrogens is 130 g/mol. The Balaban J connectivity index is 0. The van der Waals surface area contributed by atoms with Gasteiger partial charge in [0.2, 0.25) is 15.2 Å². The summed E-state index contributed by atoms with van der Waals surface area (Å²) in [6.45, 7) is 14.0. The molecule has 0 aromatic rings. The van der Waals surface area contributed by atoms with Gasteiger partial charge in [0, 0.05) is 18.9 Å². The quantitative estimate of drug-likeness (QED) is 0.463. The van der Waals surface area contributed by atoms with Crippen LogP contribution in [0.5, 0.6) is 0 Å². The molecule has 0 aromatic carbocycles. The van der Waals surface area contributed by atoms with Crippen molar-refractivity contribution < 1.29 is 0 Å². The molecule has 0 amide bonds. The zero-order valence-corrected chi connectivity index (χ0v) is 9.73. The first-order valence-electron chi connectivity index (χ1n) is 3.58. The molecule has 2 radical (unpaired) electrons. The van der Waals surface area contributed by atoms with Crippen LogP contribution in [-0.2, 0) is 0 Å². The second-order valence-corrected chi connectivity index (χ2v) is 8.63. The van der Waals surface area contributed by atoms with Crippen molar-refractivity contribution in [3.8, 4) is 0 Å². The summed E-state index contributed by atoms with van der Waals surface area (Å²) in [4.78, 5) is 0. The molecule has 0 saturated heterocycles. The van der Waals surface area contributed by atoms with Crippen molar-refractivity contribution in [1.82, 2.24) is 0 Å². The van der Waals surface area contributed by atoms with Crippen molar-refractivity contribution in [3.63, 3.8) is 0 Å². The predicted octanol–water partition coefficient (Wildman–Crippen LogP) is 2.75. The molecule has 0 rings (SSSR count). The standard InChI is InChI=1S/2C4H9.Al.Li/c2*1-4(2)3;;/h2*1-3H3;;. The maximum atomic E-state index is 2.33. The van der Waals surface area contributed by atoms with Gasteiger partial charge >= 0.3 is 0 Å². The van der Waals surface area contributed by atoms with Crippen LogP contribution in [0, 0.1) is 0 Å². The zero-order chi connectivity index (χ0) is 7.71. The van der Waals surface area contributed by atoms with Crippen LogP contribution in [0.2, 0.25) is 8.55 Å². The fourth-order valence-electron chi connectivity index (χ4n) is 1.30. The maximum absolute atomic E-state index is 2.33. The van der Waals surface area contributed by atoms with Crippen LogP contribution in [0.1, 0.15) is 41.5 Å². The molecule has 54 valence electrons. The largest absolute Gasteiger partial charge is 0.218 e. The fraction of sp³-hybridized carbons (Fsp3) is 1.00. The van der Waals surface area contributed by atoms with Crippen LogP contribution < -0.4 is 0 Å². The Morgan fingerprint density at radius 1 is 0.700 bits per heavy atom. The van der Waals surface area contributed by atoms with Gasteiger partial charge in [0.15, 0.2) is 0 Å². The van der Waals surface area contributed by atoms with E-state index in [1.165, 1.54) is 0 Å². The van der Waals surface area contributed by atoms with Gasteiger partial charge in [0.25, 0.3) is 0 Å². The van der Waals surface area contributed by atoms with E-state index in [0.717, 1.165) is 0 Å². The number of rotatable bonds is 0. The Labute approximate surface area is 84.0 Å². The molecule has 0 N–H and O–H groups in total. The third kappa shape index (κ3) is 11.9. The molecular formula is C8H18AlLi. The summed E-state index contributed by atoms with van der Waals surface area (Å²) < 4.78 is 1.14. The molecule has 0 nitrogen and oxygen atoms in total. The van der Waals surface area contributed by atoms with Gasteiger partial charge in [0.1, 0.15) is 0 Å². The molecule has 0 bridgehead atoms. The molecule has 2 heteroatoms. The zero-order valence-electron chi connectivity index (χ0n) is 8.58. The van der Waals surface area contributed by atoms with Crippen molar-refractivity contribution in [2.75, 3.05) is 0 Å². The second-order valence-electron chi connectivity index (χ2n) is 4.88. The molecule has 0 aliphatic heterocycles. The first kappa shape index (κ1) is 13.7. The first-order valence-corrected chi connectivity index (χ1v) is 4.73. The summed E-state index contributed by atoms with van der Waals surface area (Å²) in [5.41, 5.74) is 0. The summed E-state index contributed by atoms with van der Waals surface area (Å²) >= 11 is 0.569. The van der Waals surface area contributed by atoms with Gasteiger partial charge in [-0.3, -0.25) is 0 Å². The normalized spacial score (nSPS) is 12.2. The predicted molar refractivity (Wildman–Crippen MR) is 50.9 cm³/mol. The van der Waals surface area contributed by atoms with Crippen LogP contribution >= 0.6 is 0 Å². The van der Waals surface area contributed by atoms with Crippen LogP contribution in [0.25, 0.3) is 0 Å². The summed E-state index contributed by atoms with van der Waals surface area (Å²) in [7, 11) is 0. The van der Waals surface area contributed by atoms with Gasteiger partial charge in [-0.05, 0) is 0 Å². The topological polar surface area (TPSA) is 0 Å². The molecule has 0 spiro atoms. The van der Waals surface area contributed by atoms with Gasteiger partial charge in [-0.25, -0.2) is 0 Å². The molecule has 0 aromatic heterocycles. The molecule has 0 fully saturated rings. The van der Waals surface area contributed by atoms with E-state index in [9.17, 15) is 0 Å². The van der Waals surface area contributed by atoms with Gasteiger partial charge in [0.05, 0.1) is 0 Å². The summed E-state index contributed by atoms with van der Waals surface area (Å²) in [5.74, 6) is 0. The molecule has 0 heterocycles. The Morgan fingerprint density at radius 2 is 0.900 bits per heavy atom. The van der Waals surface area contributed by atoms with E-state index >= 15 is 0 Å². The van der Waals surface area contributed by atoms with Gasteiger partial charge in [-0.1, -0.05) is 50.1 Å². The Hall–Kier alpha value is 1.13. The van der Waals surface area contributed by atoms with E-state index in [1.807, 2.05) is 0 Å². The van der Waals surface area contributed by atoms with Crippen LogP contribution in [0.3, 0.4) is 0 Å². The van der Waals surface area contributed by atoms with Crippen LogP contribution in [-0.4, -0.2) is 34.1 Å². The van der Waals surface area contributed by atoms with Crippen molar-refractivity contribution in [2.45, 2.75) is 50.1 Å². The van der Waals surface area contributed by atoms with E-state index < -0.39 is 0 Å². The minimum absolute atomic E-state index is 0. The van der Waals surface area contributed by atoms with Crippen molar-refractivity contribution in [3.05, 3.63) is 0 Å². The van der Waals surface area contributed by atoms with Crippen LogP contribution in [0.15, 0.2) is 0 Å². The van der Waals surface area contributed by atoms with E-state index in [-0.39, 0.29) is 18.9 Å². The van der Waals surface area contributed by atoms with E-state index in [0.29, 0.717) is 23.8 Å². The Bertz CT molecular complexity index is 74.4. The summed E-state index contributed by atoms with van der Waals surface area (Å²) in [6, 6.07) is 0. The average molecular weight is 148 g/mol. The van der Waals surface area contributed by atoms with E-state index in [2.05, 4.69) is 41.5 Å². The van der Waals surface area contributed by atoms with Crippen molar-refractivity contribution in [1.29, 1.82) is 0 Å². The van der Waals surface area contributed by atoms with Gasteiger partial charge in [-0.15, -0.1) is 0 Å². The molecule has 0 atom stereocenters. The second kappa shape index (κ2) is 4.23. The van der Waals surface area contributed by atoms with E-state index in [1.54, 1.807) is 0 Å². The van der Waals surface area contributed by atoms with E-state index in [4.69, 9.17) is 0 Å². The smallest absolute Gasteiger partial charge is 0.0901 e. The maximum Gasteiger partial charge on any atom is 0.218 e. The number of hydrogen-bond acceptors (Lipinski definition) is 0. The minimum Gasteiger partial charge on any atom is -0.0901 e. The Kier molecular flexibility index (Phi) is 5.79. The SMILES string of the molecule is C[C](C)(C)[Al][C](C)(C)C.[Li]. The summed E-state index contributed by atoms with van der Waals surface area (Å²) in [6.07, 6.45) is 0.